The van der Waals surface area contributed by atoms with E-state index >= 15 is 0 Å². The number of likely N-dealkylation sites (tertiary alicyclic amines) is 1. The lowest BCUT2D eigenvalue weighted by molar-refractivity contribution is -0.122. The van der Waals surface area contributed by atoms with Gasteiger partial charge in [-0.25, -0.2) is 0 Å². The second-order valence-electron chi connectivity index (χ2n) is 8.38. The third kappa shape index (κ3) is 6.48. The lowest BCUT2D eigenvalue weighted by Gasteiger charge is -2.32. The molecule has 4 nitrogen and oxygen atoms in total. The first-order valence-corrected chi connectivity index (χ1v) is 10.9. The maximum Gasteiger partial charge on any atom is 0.220 e. The fraction of sp³-hybridized carbons (Fsp3) is 0.682. The minimum Gasteiger partial charge on any atom is -0.356 e. The molecule has 2 heterocycles. The number of hydrogen-bond donors (Lipinski definition) is 2. The number of hydrogen-bond acceptors (Lipinski definition) is 3. The minimum atomic E-state index is 0.236. The fourth-order valence-corrected chi connectivity index (χ4v) is 4.61. The van der Waals surface area contributed by atoms with Crippen molar-refractivity contribution in [3.8, 4) is 0 Å². The van der Waals surface area contributed by atoms with Crippen LogP contribution < -0.4 is 10.6 Å². The molecule has 2 saturated heterocycles. The van der Waals surface area contributed by atoms with Gasteiger partial charge in [0.05, 0.1) is 0 Å². The van der Waals surface area contributed by atoms with Crippen molar-refractivity contribution in [3.05, 3.63) is 34.9 Å². The standard InChI is InChI=1S/C22H34ClN3O/c1-17(19-6-10-24-11-7-19)14-22(27)25-15-18-8-12-26(13-9-18)16-20-4-2-3-5-21(20)23/h2-5,17-19,24H,6-16H2,1H3,(H,25,27). The molecular formula is C22H34ClN3O. The van der Waals surface area contributed by atoms with E-state index in [9.17, 15) is 4.79 Å². The van der Waals surface area contributed by atoms with Crippen molar-refractivity contribution < 1.29 is 4.79 Å². The summed E-state index contributed by atoms with van der Waals surface area (Å²) in [5.74, 6) is 2.03. The maximum atomic E-state index is 12.3. The Hall–Kier alpha value is -1.10. The van der Waals surface area contributed by atoms with Crippen LogP contribution in [0.25, 0.3) is 0 Å². The van der Waals surface area contributed by atoms with Crippen LogP contribution in [0.3, 0.4) is 0 Å². The summed E-state index contributed by atoms with van der Waals surface area (Å²) in [7, 11) is 0. The van der Waals surface area contributed by atoms with E-state index in [0.29, 0.717) is 24.2 Å². The van der Waals surface area contributed by atoms with Gasteiger partial charge in [0.1, 0.15) is 0 Å². The fourth-order valence-electron chi connectivity index (χ4n) is 4.42. The van der Waals surface area contributed by atoms with Crippen molar-refractivity contribution in [1.82, 2.24) is 15.5 Å². The number of carbonyl (C=O) groups excluding carboxylic acids is 1. The number of amides is 1. The third-order valence-corrected chi connectivity index (χ3v) is 6.71. The van der Waals surface area contributed by atoms with Crippen LogP contribution in [0.2, 0.25) is 5.02 Å². The highest BCUT2D eigenvalue weighted by Crippen LogP contribution is 2.25. The number of nitrogens with zero attached hydrogens (tertiary/aromatic N) is 1. The first-order valence-electron chi connectivity index (χ1n) is 10.5. The predicted molar refractivity (Wildman–Crippen MR) is 112 cm³/mol. The Morgan fingerprint density at radius 3 is 2.63 bits per heavy atom. The molecule has 0 saturated carbocycles. The highest BCUT2D eigenvalue weighted by molar-refractivity contribution is 6.31. The number of nitrogens with one attached hydrogen (secondary N) is 2. The van der Waals surface area contributed by atoms with Gasteiger partial charge in [-0.05, 0) is 81.2 Å². The second kappa shape index (κ2) is 10.4. The van der Waals surface area contributed by atoms with Gasteiger partial charge in [0.25, 0.3) is 0 Å². The van der Waals surface area contributed by atoms with Crippen LogP contribution in [0.1, 0.15) is 44.6 Å². The Morgan fingerprint density at radius 2 is 1.93 bits per heavy atom. The number of benzene rings is 1. The Labute approximate surface area is 169 Å². The molecule has 1 aromatic rings. The molecular weight excluding hydrogens is 358 g/mol. The average Bonchev–Trinajstić information content (AvgIpc) is 2.70. The third-order valence-electron chi connectivity index (χ3n) is 6.34. The summed E-state index contributed by atoms with van der Waals surface area (Å²) in [5.41, 5.74) is 1.21. The van der Waals surface area contributed by atoms with Gasteiger partial charge >= 0.3 is 0 Å². The first kappa shape index (κ1) is 20.6. The SMILES string of the molecule is CC(CC(=O)NCC1CCN(Cc2ccccc2Cl)CC1)C1CCNCC1. The monoisotopic (exact) mass is 391 g/mol. The molecule has 0 spiro atoms. The Bertz CT molecular complexity index is 595. The summed E-state index contributed by atoms with van der Waals surface area (Å²) in [5, 5.41) is 7.46. The number of rotatable bonds is 7. The molecule has 27 heavy (non-hydrogen) atoms. The van der Waals surface area contributed by atoms with Crippen LogP contribution >= 0.6 is 11.6 Å². The van der Waals surface area contributed by atoms with Gasteiger partial charge in [-0.1, -0.05) is 36.7 Å². The van der Waals surface area contributed by atoms with Crippen LogP contribution in [-0.2, 0) is 11.3 Å². The van der Waals surface area contributed by atoms with Crippen molar-refractivity contribution in [2.75, 3.05) is 32.7 Å². The minimum absolute atomic E-state index is 0.236. The van der Waals surface area contributed by atoms with Crippen molar-refractivity contribution in [1.29, 1.82) is 0 Å². The molecule has 1 aromatic carbocycles. The molecule has 2 fully saturated rings. The van der Waals surface area contributed by atoms with E-state index in [4.69, 9.17) is 11.6 Å². The van der Waals surface area contributed by atoms with Gasteiger partial charge in [0.2, 0.25) is 5.91 Å². The van der Waals surface area contributed by atoms with E-state index < -0.39 is 0 Å². The lowest BCUT2D eigenvalue weighted by Crippen LogP contribution is -2.39. The molecule has 5 heteroatoms. The topological polar surface area (TPSA) is 44.4 Å². The Morgan fingerprint density at radius 1 is 1.22 bits per heavy atom. The van der Waals surface area contributed by atoms with Crippen LogP contribution in [0.5, 0.6) is 0 Å². The van der Waals surface area contributed by atoms with Gasteiger partial charge in [0, 0.05) is 24.5 Å². The van der Waals surface area contributed by atoms with E-state index in [1.807, 2.05) is 18.2 Å². The van der Waals surface area contributed by atoms with E-state index in [0.717, 1.165) is 57.1 Å². The lowest BCUT2D eigenvalue weighted by atomic mass is 9.84. The summed E-state index contributed by atoms with van der Waals surface area (Å²) in [4.78, 5) is 14.8. The molecule has 1 unspecified atom stereocenters. The summed E-state index contributed by atoms with van der Waals surface area (Å²) in [6.07, 6.45) is 5.38. The zero-order valence-electron chi connectivity index (χ0n) is 16.6. The molecule has 1 amide bonds. The van der Waals surface area contributed by atoms with E-state index in [1.54, 1.807) is 0 Å². The van der Waals surface area contributed by atoms with Crippen molar-refractivity contribution >= 4 is 17.5 Å². The van der Waals surface area contributed by atoms with Gasteiger partial charge < -0.3 is 10.6 Å². The molecule has 0 aliphatic carbocycles. The predicted octanol–water partition coefficient (Wildman–Crippen LogP) is 3.69. The van der Waals surface area contributed by atoms with Crippen LogP contribution in [0.15, 0.2) is 24.3 Å². The van der Waals surface area contributed by atoms with Crippen LogP contribution in [0.4, 0.5) is 0 Å². The summed E-state index contributed by atoms with van der Waals surface area (Å²) in [6, 6.07) is 8.10. The summed E-state index contributed by atoms with van der Waals surface area (Å²) in [6.45, 7) is 8.36. The molecule has 3 rings (SSSR count). The van der Waals surface area contributed by atoms with Gasteiger partial charge in [0.15, 0.2) is 0 Å². The smallest absolute Gasteiger partial charge is 0.220 e. The van der Waals surface area contributed by atoms with Crippen LogP contribution in [0, 0.1) is 17.8 Å². The molecule has 2 aliphatic heterocycles. The molecule has 2 aliphatic rings. The largest absolute Gasteiger partial charge is 0.356 e. The molecule has 1 atom stereocenters. The van der Waals surface area contributed by atoms with E-state index in [2.05, 4.69) is 28.5 Å². The number of piperidine rings is 2. The normalized spacial score (nSPS) is 21.1. The zero-order valence-corrected chi connectivity index (χ0v) is 17.3. The first-order chi connectivity index (χ1) is 13.1. The number of carbonyl (C=O) groups is 1. The van der Waals surface area contributed by atoms with Crippen molar-refractivity contribution in [2.24, 2.45) is 17.8 Å². The molecule has 0 bridgehead atoms. The zero-order chi connectivity index (χ0) is 19.1. The molecule has 2 N–H and O–H groups in total. The van der Waals surface area contributed by atoms with Crippen molar-refractivity contribution in [2.45, 2.75) is 45.6 Å². The van der Waals surface area contributed by atoms with E-state index in [1.165, 1.54) is 18.4 Å². The van der Waals surface area contributed by atoms with Gasteiger partial charge in [-0.3, -0.25) is 9.69 Å². The maximum absolute atomic E-state index is 12.3. The quantitative estimate of drug-likeness (QED) is 0.744. The Balaban J connectivity index is 1.33. The summed E-state index contributed by atoms with van der Waals surface area (Å²) >= 11 is 6.28. The molecule has 0 radical (unpaired) electrons. The van der Waals surface area contributed by atoms with Crippen molar-refractivity contribution in [3.63, 3.8) is 0 Å². The highest BCUT2D eigenvalue weighted by atomic mass is 35.5. The molecule has 150 valence electrons. The van der Waals surface area contributed by atoms with Gasteiger partial charge in [-0.2, -0.15) is 0 Å². The van der Waals surface area contributed by atoms with Gasteiger partial charge in [-0.15, -0.1) is 0 Å². The van der Waals surface area contributed by atoms with E-state index in [-0.39, 0.29) is 5.91 Å². The average molecular weight is 392 g/mol. The number of halogens is 1. The summed E-state index contributed by atoms with van der Waals surface area (Å²) < 4.78 is 0. The molecule has 0 aromatic heterocycles. The highest BCUT2D eigenvalue weighted by Gasteiger charge is 2.23. The Kier molecular flexibility index (Phi) is 7.98. The second-order valence-corrected chi connectivity index (χ2v) is 8.79. The van der Waals surface area contributed by atoms with Crippen LogP contribution in [-0.4, -0.2) is 43.5 Å².